The number of thioether (sulfide) groups is 1. The van der Waals surface area contributed by atoms with Crippen molar-refractivity contribution in [2.75, 3.05) is 31.9 Å². The van der Waals surface area contributed by atoms with Gasteiger partial charge < -0.3 is 14.7 Å². The molecule has 0 aliphatic carbocycles. The number of carbonyl (C=O) groups is 3. The Bertz CT molecular complexity index is 846. The molecule has 3 amide bonds. The molecule has 3 heterocycles. The van der Waals surface area contributed by atoms with Gasteiger partial charge >= 0.3 is 0 Å². The maximum Gasteiger partial charge on any atom is 0.255 e. The van der Waals surface area contributed by atoms with Gasteiger partial charge in [-0.05, 0) is 31.5 Å². The summed E-state index contributed by atoms with van der Waals surface area (Å²) in [5.74, 6) is -0.138. The third-order valence-electron chi connectivity index (χ3n) is 5.77. The third kappa shape index (κ3) is 3.26. The van der Waals surface area contributed by atoms with Crippen molar-refractivity contribution < 1.29 is 18.8 Å². The van der Waals surface area contributed by atoms with E-state index in [1.54, 1.807) is 26.5 Å². The predicted octanol–water partition coefficient (Wildman–Crippen LogP) is 2.22. The molecule has 9 heteroatoms. The van der Waals surface area contributed by atoms with Crippen LogP contribution in [0.2, 0.25) is 5.02 Å². The average molecular weight is 426 g/mol. The molecule has 3 saturated heterocycles. The third-order valence-corrected chi connectivity index (χ3v) is 7.59. The van der Waals surface area contributed by atoms with Crippen LogP contribution in [0.4, 0.5) is 4.39 Å². The number of amides is 3. The minimum absolute atomic E-state index is 0.0432. The molecule has 0 saturated carbocycles. The molecule has 0 N–H and O–H groups in total. The number of halogens is 2. The van der Waals surface area contributed by atoms with Crippen molar-refractivity contribution >= 4 is 41.1 Å². The van der Waals surface area contributed by atoms with Crippen LogP contribution in [-0.2, 0) is 9.59 Å². The van der Waals surface area contributed by atoms with Crippen molar-refractivity contribution in [1.29, 1.82) is 0 Å². The van der Waals surface area contributed by atoms with Crippen molar-refractivity contribution in [2.45, 2.75) is 30.7 Å². The molecule has 0 bridgehead atoms. The Morgan fingerprint density at radius 2 is 1.89 bits per heavy atom. The van der Waals surface area contributed by atoms with E-state index in [2.05, 4.69) is 0 Å². The molecule has 1 aromatic rings. The Kier molecular flexibility index (Phi) is 5.03. The smallest absolute Gasteiger partial charge is 0.255 e. The summed E-state index contributed by atoms with van der Waals surface area (Å²) >= 11 is 7.67. The van der Waals surface area contributed by atoms with Crippen LogP contribution in [0.1, 0.15) is 30.1 Å². The van der Waals surface area contributed by atoms with Gasteiger partial charge in [0.25, 0.3) is 5.91 Å². The standard InChI is InChI=1S/C19H21ClFN3O3S/c1-19-5-4-16(25)24(19)15(11-28-19)18(27)23-8-6-22(7-9-23)17(26)13-3-2-12(21)10-14(13)20/h2-3,10,15H,4-9,11H2,1H3. The van der Waals surface area contributed by atoms with Crippen LogP contribution in [-0.4, -0.2) is 75.3 Å². The van der Waals surface area contributed by atoms with Gasteiger partial charge in [0.15, 0.2) is 0 Å². The predicted molar refractivity (Wildman–Crippen MR) is 105 cm³/mol. The van der Waals surface area contributed by atoms with Gasteiger partial charge in [-0.2, -0.15) is 0 Å². The zero-order valence-electron chi connectivity index (χ0n) is 15.5. The molecule has 0 aromatic heterocycles. The highest BCUT2D eigenvalue weighted by atomic mass is 35.5. The summed E-state index contributed by atoms with van der Waals surface area (Å²) in [5, 5.41) is 0.0818. The van der Waals surface area contributed by atoms with Crippen LogP contribution < -0.4 is 0 Å². The summed E-state index contributed by atoms with van der Waals surface area (Å²) in [7, 11) is 0. The summed E-state index contributed by atoms with van der Waals surface area (Å²) in [6, 6.07) is 3.29. The fraction of sp³-hybridized carbons (Fsp3) is 0.526. The molecule has 3 aliphatic rings. The Balaban J connectivity index is 1.39. The second-order valence-electron chi connectivity index (χ2n) is 7.51. The van der Waals surface area contributed by atoms with E-state index < -0.39 is 11.9 Å². The number of fused-ring (bicyclic) bond motifs is 1. The van der Waals surface area contributed by atoms with Crippen molar-refractivity contribution in [2.24, 2.45) is 0 Å². The van der Waals surface area contributed by atoms with Crippen LogP contribution >= 0.6 is 23.4 Å². The Labute approximate surface area is 172 Å². The summed E-state index contributed by atoms with van der Waals surface area (Å²) in [6.07, 6.45) is 1.27. The van der Waals surface area contributed by atoms with Gasteiger partial charge in [-0.3, -0.25) is 14.4 Å². The lowest BCUT2D eigenvalue weighted by Crippen LogP contribution is -2.56. The fourth-order valence-corrected chi connectivity index (χ4v) is 5.85. The maximum atomic E-state index is 13.2. The lowest BCUT2D eigenvalue weighted by atomic mass is 10.1. The van der Waals surface area contributed by atoms with Crippen molar-refractivity contribution in [1.82, 2.24) is 14.7 Å². The van der Waals surface area contributed by atoms with Gasteiger partial charge in [0.1, 0.15) is 11.9 Å². The second kappa shape index (κ2) is 7.22. The first-order valence-electron chi connectivity index (χ1n) is 9.29. The minimum Gasteiger partial charge on any atom is -0.337 e. The minimum atomic E-state index is -0.491. The lowest BCUT2D eigenvalue weighted by Gasteiger charge is -2.38. The number of hydrogen-bond acceptors (Lipinski definition) is 4. The zero-order chi connectivity index (χ0) is 20.1. The molecule has 2 unspecified atom stereocenters. The molecule has 6 nitrogen and oxygen atoms in total. The van der Waals surface area contributed by atoms with Gasteiger partial charge in [0, 0.05) is 38.4 Å². The molecule has 1 aromatic carbocycles. The topological polar surface area (TPSA) is 60.9 Å². The van der Waals surface area contributed by atoms with Crippen molar-refractivity contribution in [3.8, 4) is 0 Å². The quantitative estimate of drug-likeness (QED) is 0.729. The van der Waals surface area contributed by atoms with E-state index in [9.17, 15) is 18.8 Å². The van der Waals surface area contributed by atoms with E-state index in [0.29, 0.717) is 38.4 Å². The van der Waals surface area contributed by atoms with Crippen molar-refractivity contribution in [3.05, 3.63) is 34.6 Å². The van der Waals surface area contributed by atoms with Crippen LogP contribution in [0, 0.1) is 5.82 Å². The molecule has 28 heavy (non-hydrogen) atoms. The summed E-state index contributed by atoms with van der Waals surface area (Å²) in [6.45, 7) is 3.60. The van der Waals surface area contributed by atoms with E-state index in [4.69, 9.17) is 11.6 Å². The molecule has 3 aliphatic heterocycles. The number of benzene rings is 1. The normalized spacial score (nSPS) is 27.3. The van der Waals surface area contributed by atoms with Crippen molar-refractivity contribution in [3.63, 3.8) is 0 Å². The molecule has 4 rings (SSSR count). The fourth-order valence-electron chi connectivity index (χ4n) is 4.18. The SMILES string of the molecule is CC12CCC(=O)N1C(C(=O)N1CCN(C(=O)c3ccc(F)cc3Cl)CC1)CS2. The van der Waals surface area contributed by atoms with E-state index >= 15 is 0 Å². The first-order chi connectivity index (χ1) is 13.3. The van der Waals surface area contributed by atoms with Gasteiger partial charge in [-0.15, -0.1) is 11.8 Å². The molecule has 0 radical (unpaired) electrons. The van der Waals surface area contributed by atoms with Gasteiger partial charge in [-0.25, -0.2) is 4.39 Å². The number of rotatable bonds is 2. The molecule has 3 fully saturated rings. The van der Waals surface area contributed by atoms with Gasteiger partial charge in [0.05, 0.1) is 15.5 Å². The van der Waals surface area contributed by atoms with Crippen LogP contribution in [0.25, 0.3) is 0 Å². The molecule has 150 valence electrons. The van der Waals surface area contributed by atoms with Gasteiger partial charge in [-0.1, -0.05) is 11.6 Å². The molecular weight excluding hydrogens is 405 g/mol. The average Bonchev–Trinajstić information content (AvgIpc) is 3.17. The highest BCUT2D eigenvalue weighted by Gasteiger charge is 2.53. The van der Waals surface area contributed by atoms with Crippen LogP contribution in [0.5, 0.6) is 0 Å². The molecule has 0 spiro atoms. The van der Waals surface area contributed by atoms with E-state index in [1.165, 1.54) is 12.1 Å². The largest absolute Gasteiger partial charge is 0.337 e. The number of carbonyl (C=O) groups excluding carboxylic acids is 3. The first-order valence-corrected chi connectivity index (χ1v) is 10.7. The van der Waals surface area contributed by atoms with E-state index in [0.717, 1.165) is 12.5 Å². The zero-order valence-corrected chi connectivity index (χ0v) is 17.1. The number of nitrogens with zero attached hydrogens (tertiary/aromatic N) is 3. The van der Waals surface area contributed by atoms with Gasteiger partial charge in [0.2, 0.25) is 11.8 Å². The van der Waals surface area contributed by atoms with Crippen LogP contribution in [0.3, 0.4) is 0 Å². The summed E-state index contributed by atoms with van der Waals surface area (Å²) < 4.78 is 13.2. The van der Waals surface area contributed by atoms with E-state index in [-0.39, 0.29) is 33.2 Å². The first kappa shape index (κ1) is 19.5. The number of piperazine rings is 1. The number of hydrogen-bond donors (Lipinski definition) is 0. The lowest BCUT2D eigenvalue weighted by molar-refractivity contribution is -0.144. The Hall–Kier alpha value is -1.80. The summed E-state index contributed by atoms with van der Waals surface area (Å²) in [4.78, 5) is 42.8. The monoisotopic (exact) mass is 425 g/mol. The summed E-state index contributed by atoms with van der Waals surface area (Å²) in [5.41, 5.74) is 0.258. The van der Waals surface area contributed by atoms with Crippen LogP contribution in [0.15, 0.2) is 18.2 Å². The second-order valence-corrected chi connectivity index (χ2v) is 9.42. The Morgan fingerprint density at radius 3 is 2.57 bits per heavy atom. The molecular formula is C19H21ClFN3O3S. The highest BCUT2D eigenvalue weighted by Crippen LogP contribution is 2.47. The highest BCUT2D eigenvalue weighted by molar-refractivity contribution is 8.01. The Morgan fingerprint density at radius 1 is 1.21 bits per heavy atom. The maximum absolute atomic E-state index is 13.2. The van der Waals surface area contributed by atoms with E-state index in [1.807, 2.05) is 6.92 Å². The molecule has 2 atom stereocenters.